The molecule has 0 bridgehead atoms. The van der Waals surface area contributed by atoms with Crippen LogP contribution in [0.3, 0.4) is 0 Å². The van der Waals surface area contributed by atoms with Crippen LogP contribution in [0, 0.1) is 0 Å². The van der Waals surface area contributed by atoms with Crippen molar-refractivity contribution < 1.29 is 4.74 Å². The first kappa shape index (κ1) is 15.0. The van der Waals surface area contributed by atoms with E-state index in [2.05, 4.69) is 38.5 Å². The lowest BCUT2D eigenvalue weighted by molar-refractivity contribution is 0.304. The number of hydrogen-bond acceptors (Lipinski definition) is 6. The Bertz CT molecular complexity index is 1200. The molecule has 0 saturated heterocycles. The molecule has 7 heteroatoms. The highest BCUT2D eigenvalue weighted by atomic mass is 32.1. The highest BCUT2D eigenvalue weighted by Crippen LogP contribution is 2.23. The lowest BCUT2D eigenvalue weighted by atomic mass is 10.1. The van der Waals surface area contributed by atoms with Crippen LogP contribution in [0.2, 0.25) is 0 Å². The van der Waals surface area contributed by atoms with E-state index in [-0.39, 0.29) is 0 Å². The molecule has 2 aromatic carbocycles. The van der Waals surface area contributed by atoms with Crippen molar-refractivity contribution in [3.63, 3.8) is 0 Å². The van der Waals surface area contributed by atoms with Gasteiger partial charge < -0.3 is 4.74 Å². The van der Waals surface area contributed by atoms with Crippen LogP contribution in [-0.4, -0.2) is 24.8 Å². The molecule has 0 radical (unpaired) electrons. The maximum atomic E-state index is 5.92. The topological polar surface area (TPSA) is 65.2 Å². The van der Waals surface area contributed by atoms with E-state index in [0.29, 0.717) is 12.4 Å². The number of fused-ring (bicyclic) bond motifs is 2. The monoisotopic (exact) mass is 359 g/mol. The Labute approximate surface area is 152 Å². The number of hydrogen-bond donors (Lipinski definition) is 0. The van der Waals surface area contributed by atoms with Crippen LogP contribution in [0.1, 0.15) is 5.01 Å². The van der Waals surface area contributed by atoms with Gasteiger partial charge in [-0.15, -0.1) is 10.2 Å². The minimum Gasteiger partial charge on any atom is -0.486 e. The zero-order valence-corrected chi connectivity index (χ0v) is 14.4. The lowest BCUT2D eigenvalue weighted by Gasteiger charge is -2.05. The normalized spacial score (nSPS) is 11.2. The van der Waals surface area contributed by atoms with Crippen LogP contribution < -0.4 is 4.74 Å². The average molecular weight is 359 g/mol. The van der Waals surface area contributed by atoms with Gasteiger partial charge in [-0.05, 0) is 35.0 Å². The minimum absolute atomic E-state index is 0.383. The molecular formula is C19H13N5OS. The van der Waals surface area contributed by atoms with Gasteiger partial charge in [-0.2, -0.15) is 9.61 Å². The maximum absolute atomic E-state index is 5.92. The predicted octanol–water partition coefficient (Wildman–Crippen LogP) is 3.98. The predicted molar refractivity (Wildman–Crippen MR) is 100 cm³/mol. The molecule has 3 heterocycles. The molecule has 0 aliphatic carbocycles. The summed E-state index contributed by atoms with van der Waals surface area (Å²) in [6.07, 6.45) is 1.73. The zero-order chi connectivity index (χ0) is 17.3. The molecule has 26 heavy (non-hydrogen) atoms. The number of nitrogens with zero attached hydrogens (tertiary/aromatic N) is 5. The number of benzene rings is 2. The Kier molecular flexibility index (Phi) is 3.57. The van der Waals surface area contributed by atoms with Gasteiger partial charge in [0.1, 0.15) is 18.1 Å². The molecule has 5 rings (SSSR count). The van der Waals surface area contributed by atoms with Gasteiger partial charge in [0.25, 0.3) is 0 Å². The summed E-state index contributed by atoms with van der Waals surface area (Å²) in [6, 6.07) is 20.0. The zero-order valence-electron chi connectivity index (χ0n) is 13.6. The standard InChI is InChI=1S/C19H13N5OS/c1-2-6-14-11-15(9-8-13(14)5-1)25-12-17-23-24-18(21-22-19(24)26-17)16-7-3-4-10-20-16/h1-11H,12H2. The Hall–Kier alpha value is -3.32. The van der Waals surface area contributed by atoms with Gasteiger partial charge in [-0.25, -0.2) is 0 Å². The summed E-state index contributed by atoms with van der Waals surface area (Å²) in [5.41, 5.74) is 0.743. The minimum atomic E-state index is 0.383. The van der Waals surface area contributed by atoms with Crippen molar-refractivity contribution in [2.75, 3.05) is 0 Å². The van der Waals surface area contributed by atoms with Gasteiger partial charge in [-0.3, -0.25) is 4.98 Å². The summed E-state index contributed by atoms with van der Waals surface area (Å²) in [4.78, 5) is 5.04. The summed E-state index contributed by atoms with van der Waals surface area (Å²) in [7, 11) is 0. The Morgan fingerprint density at radius 3 is 2.69 bits per heavy atom. The smallest absolute Gasteiger partial charge is 0.235 e. The van der Waals surface area contributed by atoms with Crippen LogP contribution in [0.4, 0.5) is 0 Å². The molecule has 3 aromatic heterocycles. The van der Waals surface area contributed by atoms with Gasteiger partial charge >= 0.3 is 0 Å². The highest BCUT2D eigenvalue weighted by molar-refractivity contribution is 7.16. The third-order valence-electron chi connectivity index (χ3n) is 4.01. The molecule has 0 saturated carbocycles. The molecule has 0 amide bonds. The summed E-state index contributed by atoms with van der Waals surface area (Å²) in [5, 5.41) is 16.1. The first-order valence-corrected chi connectivity index (χ1v) is 8.92. The summed E-state index contributed by atoms with van der Waals surface area (Å²) in [6.45, 7) is 0.383. The molecule has 0 spiro atoms. The number of aromatic nitrogens is 5. The Morgan fingerprint density at radius 1 is 0.923 bits per heavy atom. The first-order chi connectivity index (χ1) is 12.9. The fourth-order valence-electron chi connectivity index (χ4n) is 2.77. The maximum Gasteiger partial charge on any atom is 0.235 e. The molecule has 126 valence electrons. The molecule has 0 N–H and O–H groups in total. The van der Waals surface area contributed by atoms with Gasteiger partial charge in [0.15, 0.2) is 5.01 Å². The third-order valence-corrected chi connectivity index (χ3v) is 4.88. The van der Waals surface area contributed by atoms with Gasteiger partial charge in [0.05, 0.1) is 0 Å². The highest BCUT2D eigenvalue weighted by Gasteiger charge is 2.14. The van der Waals surface area contributed by atoms with Crippen molar-refractivity contribution in [2.24, 2.45) is 0 Å². The molecule has 0 unspecified atom stereocenters. The van der Waals surface area contributed by atoms with Crippen LogP contribution in [0.15, 0.2) is 66.9 Å². The molecular weight excluding hydrogens is 346 g/mol. The third kappa shape index (κ3) is 2.68. The summed E-state index contributed by atoms with van der Waals surface area (Å²) in [5.74, 6) is 1.45. The second kappa shape index (κ2) is 6.20. The average Bonchev–Trinajstić information content (AvgIpc) is 3.27. The summed E-state index contributed by atoms with van der Waals surface area (Å²) >= 11 is 1.46. The van der Waals surface area contributed by atoms with Crippen LogP contribution in [-0.2, 0) is 6.61 Å². The van der Waals surface area contributed by atoms with Crippen molar-refractivity contribution >= 4 is 27.1 Å². The molecule has 5 aromatic rings. The fraction of sp³-hybridized carbons (Fsp3) is 0.0526. The number of rotatable bonds is 4. The summed E-state index contributed by atoms with van der Waals surface area (Å²) < 4.78 is 7.63. The Balaban J connectivity index is 1.40. The fourth-order valence-corrected chi connectivity index (χ4v) is 3.52. The van der Waals surface area contributed by atoms with Crippen LogP contribution >= 0.6 is 11.3 Å². The SMILES string of the molecule is c1ccc(-c2nnc3sc(COc4ccc5ccccc5c4)nn23)nc1. The van der Waals surface area contributed by atoms with E-state index in [4.69, 9.17) is 4.74 Å². The van der Waals surface area contributed by atoms with Gasteiger partial charge in [0, 0.05) is 6.20 Å². The van der Waals surface area contributed by atoms with E-state index >= 15 is 0 Å². The quantitative estimate of drug-likeness (QED) is 0.486. The molecule has 6 nitrogen and oxygen atoms in total. The van der Waals surface area contributed by atoms with Crippen LogP contribution in [0.25, 0.3) is 27.3 Å². The largest absolute Gasteiger partial charge is 0.486 e. The van der Waals surface area contributed by atoms with E-state index in [0.717, 1.165) is 26.8 Å². The number of pyridine rings is 1. The van der Waals surface area contributed by atoms with E-state index in [1.165, 1.54) is 16.7 Å². The molecule has 0 aliphatic heterocycles. The Morgan fingerprint density at radius 2 is 1.81 bits per heavy atom. The van der Waals surface area contributed by atoms with Crippen molar-refractivity contribution in [3.05, 3.63) is 71.9 Å². The van der Waals surface area contributed by atoms with Crippen molar-refractivity contribution in [3.8, 4) is 17.3 Å². The number of ether oxygens (including phenoxy) is 1. The first-order valence-electron chi connectivity index (χ1n) is 8.11. The van der Waals surface area contributed by atoms with Gasteiger partial charge in [0.2, 0.25) is 10.8 Å². The lowest BCUT2D eigenvalue weighted by Crippen LogP contribution is -1.98. The van der Waals surface area contributed by atoms with E-state index in [1.807, 2.05) is 42.5 Å². The van der Waals surface area contributed by atoms with Crippen molar-refractivity contribution in [1.82, 2.24) is 24.8 Å². The second-order valence-electron chi connectivity index (χ2n) is 5.73. The van der Waals surface area contributed by atoms with Gasteiger partial charge in [-0.1, -0.05) is 47.7 Å². The van der Waals surface area contributed by atoms with Crippen molar-refractivity contribution in [2.45, 2.75) is 6.61 Å². The van der Waals surface area contributed by atoms with E-state index in [1.54, 1.807) is 10.7 Å². The van der Waals surface area contributed by atoms with Crippen molar-refractivity contribution in [1.29, 1.82) is 0 Å². The molecule has 0 fully saturated rings. The van der Waals surface area contributed by atoms with E-state index in [9.17, 15) is 0 Å². The second-order valence-corrected chi connectivity index (χ2v) is 6.77. The molecule has 0 aliphatic rings. The van der Waals surface area contributed by atoms with E-state index < -0.39 is 0 Å². The molecule has 0 atom stereocenters. The van der Waals surface area contributed by atoms with Crippen LogP contribution in [0.5, 0.6) is 5.75 Å².